The van der Waals surface area contributed by atoms with E-state index in [2.05, 4.69) is 0 Å². The van der Waals surface area contributed by atoms with Crippen molar-refractivity contribution in [2.45, 2.75) is 12.6 Å². The number of carboxylic acid groups (broad SMARTS) is 1. The van der Waals surface area contributed by atoms with Crippen molar-refractivity contribution in [3.63, 3.8) is 0 Å². The SMILES string of the molecule is O=C(O)C1c2ccccc2OCCN1Cc1ccccc1-c1ccc2c(c1)OCO2. The van der Waals surface area contributed by atoms with Gasteiger partial charge in [0, 0.05) is 18.7 Å². The van der Waals surface area contributed by atoms with Gasteiger partial charge in [0.2, 0.25) is 6.79 Å². The van der Waals surface area contributed by atoms with Gasteiger partial charge in [-0.2, -0.15) is 0 Å². The molecule has 30 heavy (non-hydrogen) atoms. The van der Waals surface area contributed by atoms with Crippen LogP contribution in [-0.2, 0) is 11.3 Å². The summed E-state index contributed by atoms with van der Waals surface area (Å²) >= 11 is 0. The molecule has 0 aliphatic carbocycles. The molecule has 6 heteroatoms. The molecular formula is C24H21NO5. The highest BCUT2D eigenvalue weighted by atomic mass is 16.7. The third-order valence-corrected chi connectivity index (χ3v) is 5.52. The maximum Gasteiger partial charge on any atom is 0.325 e. The highest BCUT2D eigenvalue weighted by molar-refractivity contribution is 5.77. The maximum absolute atomic E-state index is 12.2. The monoisotopic (exact) mass is 403 g/mol. The van der Waals surface area contributed by atoms with E-state index in [1.807, 2.05) is 71.6 Å². The number of carbonyl (C=O) groups is 1. The molecule has 1 unspecified atom stereocenters. The van der Waals surface area contributed by atoms with Crippen molar-refractivity contribution in [3.05, 3.63) is 77.9 Å². The molecule has 0 saturated heterocycles. The molecule has 0 amide bonds. The summed E-state index contributed by atoms with van der Waals surface area (Å²) in [5.41, 5.74) is 3.77. The number of carboxylic acids is 1. The number of aliphatic carboxylic acids is 1. The molecule has 152 valence electrons. The van der Waals surface area contributed by atoms with Crippen LogP contribution in [0.25, 0.3) is 11.1 Å². The Balaban J connectivity index is 1.51. The first-order chi connectivity index (χ1) is 14.7. The number of benzene rings is 3. The first-order valence-electron chi connectivity index (χ1n) is 9.87. The Morgan fingerprint density at radius 3 is 2.63 bits per heavy atom. The van der Waals surface area contributed by atoms with Crippen molar-refractivity contribution in [3.8, 4) is 28.4 Å². The molecule has 6 nitrogen and oxygen atoms in total. The van der Waals surface area contributed by atoms with Gasteiger partial charge in [0.05, 0.1) is 0 Å². The molecule has 1 N–H and O–H groups in total. The number of nitrogens with zero attached hydrogens (tertiary/aromatic N) is 1. The topological polar surface area (TPSA) is 68.2 Å². The number of rotatable bonds is 4. The lowest BCUT2D eigenvalue weighted by atomic mass is 9.97. The van der Waals surface area contributed by atoms with Crippen LogP contribution in [0.3, 0.4) is 0 Å². The van der Waals surface area contributed by atoms with E-state index in [0.717, 1.165) is 28.2 Å². The van der Waals surface area contributed by atoms with Crippen LogP contribution in [0.1, 0.15) is 17.2 Å². The second kappa shape index (κ2) is 7.72. The molecule has 0 fully saturated rings. The van der Waals surface area contributed by atoms with Gasteiger partial charge in [0.25, 0.3) is 0 Å². The summed E-state index contributed by atoms with van der Waals surface area (Å²) in [6.07, 6.45) is 0. The lowest BCUT2D eigenvalue weighted by Crippen LogP contribution is -2.34. The molecule has 0 radical (unpaired) electrons. The molecule has 3 aromatic carbocycles. The summed E-state index contributed by atoms with van der Waals surface area (Å²) in [6.45, 7) is 1.67. The minimum atomic E-state index is -0.881. The van der Waals surface area contributed by atoms with Crippen molar-refractivity contribution < 1.29 is 24.1 Å². The van der Waals surface area contributed by atoms with Gasteiger partial charge in [0.15, 0.2) is 11.5 Å². The molecule has 3 aromatic rings. The van der Waals surface area contributed by atoms with Crippen molar-refractivity contribution in [2.75, 3.05) is 19.9 Å². The van der Waals surface area contributed by atoms with Crippen molar-refractivity contribution in [1.82, 2.24) is 4.90 Å². The van der Waals surface area contributed by atoms with E-state index in [4.69, 9.17) is 14.2 Å². The van der Waals surface area contributed by atoms with Crippen molar-refractivity contribution in [1.29, 1.82) is 0 Å². The fourth-order valence-electron chi connectivity index (χ4n) is 4.12. The number of hydrogen-bond donors (Lipinski definition) is 1. The zero-order valence-electron chi connectivity index (χ0n) is 16.3. The molecule has 0 saturated carbocycles. The van der Waals surface area contributed by atoms with Gasteiger partial charge in [-0.25, -0.2) is 0 Å². The lowest BCUT2D eigenvalue weighted by molar-refractivity contribution is -0.143. The zero-order valence-corrected chi connectivity index (χ0v) is 16.3. The normalized spacial score (nSPS) is 17.7. The summed E-state index contributed by atoms with van der Waals surface area (Å²) in [7, 11) is 0. The Kier molecular flexibility index (Phi) is 4.77. The van der Waals surface area contributed by atoms with Crippen LogP contribution in [0.5, 0.6) is 17.2 Å². The zero-order chi connectivity index (χ0) is 20.5. The molecule has 0 spiro atoms. The number of hydrogen-bond acceptors (Lipinski definition) is 5. The largest absolute Gasteiger partial charge is 0.492 e. The molecule has 0 bridgehead atoms. The van der Waals surface area contributed by atoms with Gasteiger partial charge in [0.1, 0.15) is 18.4 Å². The second-order valence-corrected chi connectivity index (χ2v) is 7.32. The van der Waals surface area contributed by atoms with E-state index in [9.17, 15) is 9.90 Å². The molecule has 5 rings (SSSR count). The van der Waals surface area contributed by atoms with Crippen LogP contribution < -0.4 is 14.2 Å². The van der Waals surface area contributed by atoms with Gasteiger partial charge in [-0.1, -0.05) is 48.5 Å². The van der Waals surface area contributed by atoms with Crippen molar-refractivity contribution in [2.24, 2.45) is 0 Å². The average molecular weight is 403 g/mol. The maximum atomic E-state index is 12.2. The third kappa shape index (κ3) is 3.35. The van der Waals surface area contributed by atoms with Crippen LogP contribution in [0.15, 0.2) is 66.7 Å². The molecule has 2 aliphatic rings. The number of para-hydroxylation sites is 1. The Morgan fingerprint density at radius 2 is 1.73 bits per heavy atom. The molecule has 2 heterocycles. The summed E-state index contributed by atoms with van der Waals surface area (Å²) in [4.78, 5) is 14.2. The highest BCUT2D eigenvalue weighted by Crippen LogP contribution is 2.38. The summed E-state index contributed by atoms with van der Waals surface area (Å²) < 4.78 is 16.8. The second-order valence-electron chi connectivity index (χ2n) is 7.32. The average Bonchev–Trinajstić information content (AvgIpc) is 3.15. The van der Waals surface area contributed by atoms with E-state index in [1.165, 1.54) is 0 Å². The first-order valence-corrected chi connectivity index (χ1v) is 9.87. The predicted octanol–water partition coefficient (Wildman–Crippen LogP) is 4.10. The van der Waals surface area contributed by atoms with Crippen molar-refractivity contribution >= 4 is 5.97 Å². The number of fused-ring (bicyclic) bond motifs is 2. The Labute approximate surface area is 174 Å². The Morgan fingerprint density at radius 1 is 0.933 bits per heavy atom. The van der Waals surface area contributed by atoms with E-state index in [0.29, 0.717) is 31.0 Å². The van der Waals surface area contributed by atoms with Crippen LogP contribution in [0, 0.1) is 0 Å². The lowest BCUT2D eigenvalue weighted by Gasteiger charge is -2.27. The van der Waals surface area contributed by atoms with Gasteiger partial charge in [-0.15, -0.1) is 0 Å². The fourth-order valence-corrected chi connectivity index (χ4v) is 4.12. The van der Waals surface area contributed by atoms with Gasteiger partial charge >= 0.3 is 5.97 Å². The van der Waals surface area contributed by atoms with E-state index < -0.39 is 12.0 Å². The summed E-state index contributed by atoms with van der Waals surface area (Å²) in [5.74, 6) is 1.22. The minimum absolute atomic E-state index is 0.230. The van der Waals surface area contributed by atoms with Gasteiger partial charge in [-0.05, 0) is 34.9 Å². The van der Waals surface area contributed by atoms with Gasteiger partial charge in [-0.3, -0.25) is 9.69 Å². The molecule has 0 aromatic heterocycles. The van der Waals surface area contributed by atoms with Crippen LogP contribution in [0.2, 0.25) is 0 Å². The molecule has 2 aliphatic heterocycles. The summed E-state index contributed by atoms with van der Waals surface area (Å²) in [6, 6.07) is 20.5. The first kappa shape index (κ1) is 18.5. The predicted molar refractivity (Wildman–Crippen MR) is 111 cm³/mol. The molecular weight excluding hydrogens is 382 g/mol. The molecule has 1 atom stereocenters. The van der Waals surface area contributed by atoms with Crippen LogP contribution >= 0.6 is 0 Å². The Hall–Kier alpha value is -3.51. The van der Waals surface area contributed by atoms with E-state index >= 15 is 0 Å². The van der Waals surface area contributed by atoms with Gasteiger partial charge < -0.3 is 19.3 Å². The quantitative estimate of drug-likeness (QED) is 0.707. The highest BCUT2D eigenvalue weighted by Gasteiger charge is 2.32. The van der Waals surface area contributed by atoms with Crippen LogP contribution in [-0.4, -0.2) is 35.9 Å². The smallest absolute Gasteiger partial charge is 0.325 e. The minimum Gasteiger partial charge on any atom is -0.492 e. The third-order valence-electron chi connectivity index (χ3n) is 5.52. The fraction of sp³-hybridized carbons (Fsp3) is 0.208. The van der Waals surface area contributed by atoms with E-state index in [-0.39, 0.29) is 6.79 Å². The van der Waals surface area contributed by atoms with E-state index in [1.54, 1.807) is 0 Å². The summed E-state index contributed by atoms with van der Waals surface area (Å²) in [5, 5.41) is 10.0. The van der Waals surface area contributed by atoms with Crippen LogP contribution in [0.4, 0.5) is 0 Å². The Bertz CT molecular complexity index is 1100. The standard InChI is InChI=1S/C24H21NO5/c26-24(27)23-19-7-3-4-8-20(19)28-12-11-25(23)14-17-5-1-2-6-18(17)16-9-10-21-22(13-16)30-15-29-21/h1-10,13,23H,11-12,14-15H2,(H,26,27). The number of ether oxygens (including phenoxy) is 3.